The van der Waals surface area contributed by atoms with Crippen LogP contribution in [0.5, 0.6) is 0 Å². The SMILES string of the molecule is Cc1ccc(-c2cccc(-c3nc(-c4ccccc4)nc(-c4ccc5c(c4)oc4cccc(-c6ccc7ccccc7c6)c45)n3)c2)cc1. The Kier molecular flexibility index (Phi) is 6.65. The van der Waals surface area contributed by atoms with E-state index in [4.69, 9.17) is 19.4 Å². The van der Waals surface area contributed by atoms with E-state index in [-0.39, 0.29) is 0 Å². The molecule has 0 fully saturated rings. The molecule has 0 radical (unpaired) electrons. The van der Waals surface area contributed by atoms with Crippen LogP contribution in [0.25, 0.3) is 89.1 Å². The van der Waals surface area contributed by atoms with Crippen LogP contribution in [0, 0.1) is 6.92 Å². The molecular formula is C44H29N3O. The van der Waals surface area contributed by atoms with Crippen molar-refractivity contribution in [2.24, 2.45) is 0 Å². The molecule has 2 aromatic heterocycles. The fraction of sp³-hybridized carbons (Fsp3) is 0.0227. The lowest BCUT2D eigenvalue weighted by Gasteiger charge is -2.10. The Morgan fingerprint density at radius 2 is 1.02 bits per heavy atom. The van der Waals surface area contributed by atoms with Crippen LogP contribution in [0.2, 0.25) is 0 Å². The number of aryl methyl sites for hydroxylation is 1. The molecule has 0 aliphatic carbocycles. The molecule has 4 nitrogen and oxygen atoms in total. The van der Waals surface area contributed by atoms with Gasteiger partial charge in [0.1, 0.15) is 11.2 Å². The standard InChI is InChI=1S/C44H29N3O/c1-28-17-19-30(20-18-28)33-13-7-14-35(26-33)43-45-42(31-10-3-2-4-11-31)46-44(47-43)36-23-24-38-40(27-36)48-39-16-8-15-37(41(38)39)34-22-21-29-9-5-6-12-32(29)25-34/h2-27H,1H3. The molecule has 0 saturated carbocycles. The van der Waals surface area contributed by atoms with Crippen LogP contribution in [-0.2, 0) is 0 Å². The summed E-state index contributed by atoms with van der Waals surface area (Å²) in [5, 5.41) is 4.60. The average molecular weight is 616 g/mol. The Morgan fingerprint density at radius 3 is 1.83 bits per heavy atom. The zero-order valence-electron chi connectivity index (χ0n) is 26.3. The summed E-state index contributed by atoms with van der Waals surface area (Å²) < 4.78 is 6.50. The first-order valence-corrected chi connectivity index (χ1v) is 16.1. The Labute approximate surface area is 278 Å². The molecule has 0 N–H and O–H groups in total. The molecule has 9 rings (SSSR count). The number of nitrogens with zero attached hydrogens (tertiary/aromatic N) is 3. The van der Waals surface area contributed by atoms with E-state index in [1.54, 1.807) is 0 Å². The number of fused-ring (bicyclic) bond motifs is 4. The second-order valence-corrected chi connectivity index (χ2v) is 12.2. The molecule has 0 bridgehead atoms. The zero-order chi connectivity index (χ0) is 32.0. The third-order valence-electron chi connectivity index (χ3n) is 8.99. The first kappa shape index (κ1) is 27.9. The van der Waals surface area contributed by atoms with Gasteiger partial charge in [-0.2, -0.15) is 0 Å². The van der Waals surface area contributed by atoms with E-state index in [9.17, 15) is 0 Å². The number of furan rings is 1. The van der Waals surface area contributed by atoms with Gasteiger partial charge in [0.25, 0.3) is 0 Å². The molecule has 0 saturated heterocycles. The number of hydrogen-bond acceptors (Lipinski definition) is 4. The lowest BCUT2D eigenvalue weighted by molar-refractivity contribution is 0.669. The maximum Gasteiger partial charge on any atom is 0.164 e. The van der Waals surface area contributed by atoms with Gasteiger partial charge in [-0.1, -0.05) is 133 Å². The normalized spacial score (nSPS) is 11.4. The molecule has 0 atom stereocenters. The summed E-state index contributed by atoms with van der Waals surface area (Å²) in [6.45, 7) is 2.10. The van der Waals surface area contributed by atoms with Crippen molar-refractivity contribution in [1.82, 2.24) is 15.0 Å². The highest BCUT2D eigenvalue weighted by Gasteiger charge is 2.17. The van der Waals surface area contributed by atoms with Crippen LogP contribution in [0.1, 0.15) is 5.56 Å². The third kappa shape index (κ3) is 5.01. The minimum absolute atomic E-state index is 0.594. The average Bonchev–Trinajstić information content (AvgIpc) is 3.53. The van der Waals surface area contributed by atoms with E-state index < -0.39 is 0 Å². The molecule has 0 spiro atoms. The maximum absolute atomic E-state index is 6.50. The molecule has 7 aromatic carbocycles. The van der Waals surface area contributed by atoms with Crippen LogP contribution in [0.3, 0.4) is 0 Å². The highest BCUT2D eigenvalue weighted by Crippen LogP contribution is 2.39. The topological polar surface area (TPSA) is 51.8 Å². The van der Waals surface area contributed by atoms with Gasteiger partial charge in [0, 0.05) is 27.5 Å². The van der Waals surface area contributed by atoms with Gasteiger partial charge < -0.3 is 4.42 Å². The second kappa shape index (κ2) is 11.4. The summed E-state index contributed by atoms with van der Waals surface area (Å²) in [5.41, 5.74) is 10.2. The highest BCUT2D eigenvalue weighted by atomic mass is 16.3. The summed E-state index contributed by atoms with van der Waals surface area (Å²) >= 11 is 0. The predicted octanol–water partition coefficient (Wildman–Crippen LogP) is 11.6. The fourth-order valence-corrected chi connectivity index (χ4v) is 6.50. The summed E-state index contributed by atoms with van der Waals surface area (Å²) in [7, 11) is 0. The Hall–Kier alpha value is -6.39. The van der Waals surface area contributed by atoms with Gasteiger partial charge in [0.15, 0.2) is 17.5 Å². The number of benzene rings is 7. The molecule has 0 amide bonds. The van der Waals surface area contributed by atoms with Crippen molar-refractivity contribution in [3.05, 3.63) is 163 Å². The molecule has 0 unspecified atom stereocenters. The van der Waals surface area contributed by atoms with Gasteiger partial charge in [-0.05, 0) is 70.3 Å². The quantitative estimate of drug-likeness (QED) is 0.193. The molecular weight excluding hydrogens is 587 g/mol. The van der Waals surface area contributed by atoms with Gasteiger partial charge in [0.05, 0.1) is 0 Å². The monoisotopic (exact) mass is 615 g/mol. The van der Waals surface area contributed by atoms with Crippen molar-refractivity contribution >= 4 is 32.7 Å². The van der Waals surface area contributed by atoms with E-state index in [0.29, 0.717) is 17.5 Å². The number of rotatable bonds is 5. The van der Waals surface area contributed by atoms with Crippen molar-refractivity contribution in [3.8, 4) is 56.4 Å². The van der Waals surface area contributed by atoms with Crippen molar-refractivity contribution in [3.63, 3.8) is 0 Å². The van der Waals surface area contributed by atoms with Crippen molar-refractivity contribution in [2.75, 3.05) is 0 Å². The lowest BCUT2D eigenvalue weighted by atomic mass is 9.97. The van der Waals surface area contributed by atoms with E-state index in [1.807, 2.05) is 36.4 Å². The van der Waals surface area contributed by atoms with Gasteiger partial charge in [-0.25, -0.2) is 15.0 Å². The summed E-state index contributed by atoms with van der Waals surface area (Å²) in [4.78, 5) is 15.0. The second-order valence-electron chi connectivity index (χ2n) is 12.2. The fourth-order valence-electron chi connectivity index (χ4n) is 6.50. The van der Waals surface area contributed by atoms with E-state index in [0.717, 1.165) is 60.9 Å². The molecule has 226 valence electrons. The minimum atomic E-state index is 0.594. The minimum Gasteiger partial charge on any atom is -0.456 e. The molecule has 48 heavy (non-hydrogen) atoms. The van der Waals surface area contributed by atoms with Crippen LogP contribution in [0.4, 0.5) is 0 Å². The highest BCUT2D eigenvalue weighted by molar-refractivity contribution is 6.13. The van der Waals surface area contributed by atoms with E-state index in [1.165, 1.54) is 16.3 Å². The van der Waals surface area contributed by atoms with Crippen molar-refractivity contribution < 1.29 is 4.42 Å². The zero-order valence-corrected chi connectivity index (χ0v) is 26.3. The molecule has 0 aliphatic rings. The molecule has 9 aromatic rings. The molecule has 0 aliphatic heterocycles. The molecule has 2 heterocycles. The first-order valence-electron chi connectivity index (χ1n) is 16.1. The van der Waals surface area contributed by atoms with Crippen LogP contribution >= 0.6 is 0 Å². The van der Waals surface area contributed by atoms with Gasteiger partial charge in [0.2, 0.25) is 0 Å². The lowest BCUT2D eigenvalue weighted by Crippen LogP contribution is -2.00. The van der Waals surface area contributed by atoms with Crippen LogP contribution < -0.4 is 0 Å². The van der Waals surface area contributed by atoms with Crippen LogP contribution in [-0.4, -0.2) is 15.0 Å². The van der Waals surface area contributed by atoms with Gasteiger partial charge in [-0.3, -0.25) is 0 Å². The number of hydrogen-bond donors (Lipinski definition) is 0. The van der Waals surface area contributed by atoms with E-state index in [2.05, 4.69) is 128 Å². The van der Waals surface area contributed by atoms with E-state index >= 15 is 0 Å². The van der Waals surface area contributed by atoms with Crippen molar-refractivity contribution in [1.29, 1.82) is 0 Å². The summed E-state index contributed by atoms with van der Waals surface area (Å²) in [5.74, 6) is 1.84. The molecule has 4 heteroatoms. The Bertz CT molecular complexity index is 2620. The Morgan fingerprint density at radius 1 is 0.396 bits per heavy atom. The predicted molar refractivity (Wildman–Crippen MR) is 197 cm³/mol. The largest absolute Gasteiger partial charge is 0.456 e. The number of aromatic nitrogens is 3. The summed E-state index contributed by atoms with van der Waals surface area (Å²) in [6.07, 6.45) is 0. The summed E-state index contributed by atoms with van der Waals surface area (Å²) in [6, 6.07) is 54.6. The van der Waals surface area contributed by atoms with Crippen LogP contribution in [0.15, 0.2) is 162 Å². The smallest absolute Gasteiger partial charge is 0.164 e. The van der Waals surface area contributed by atoms with Gasteiger partial charge >= 0.3 is 0 Å². The van der Waals surface area contributed by atoms with Gasteiger partial charge in [-0.15, -0.1) is 0 Å². The van der Waals surface area contributed by atoms with Crippen molar-refractivity contribution in [2.45, 2.75) is 6.92 Å². The third-order valence-corrected chi connectivity index (χ3v) is 8.99. The maximum atomic E-state index is 6.50. The first-order chi connectivity index (χ1) is 23.7. The Balaban J connectivity index is 1.18.